The molecule has 0 fully saturated rings. The van der Waals surface area contributed by atoms with E-state index in [4.69, 9.17) is 0 Å². The van der Waals surface area contributed by atoms with Crippen LogP contribution in [0.1, 0.15) is 0 Å². The summed E-state index contributed by atoms with van der Waals surface area (Å²) in [5.74, 6) is -0.292. The lowest BCUT2D eigenvalue weighted by atomic mass is 10.3. The first kappa shape index (κ1) is 17.9. The summed E-state index contributed by atoms with van der Waals surface area (Å²) in [4.78, 5) is 8.80. The molecule has 0 amide bonds. The van der Waals surface area contributed by atoms with Gasteiger partial charge in [0.05, 0.1) is 17.2 Å². The maximum absolute atomic E-state index is 13.5. The van der Waals surface area contributed by atoms with Gasteiger partial charge in [-0.2, -0.15) is 5.10 Å². The third kappa shape index (κ3) is 3.62. The summed E-state index contributed by atoms with van der Waals surface area (Å²) < 4.78 is 42.7. The second-order valence-corrected chi connectivity index (χ2v) is 7.68. The molecule has 0 aliphatic rings. The average Bonchev–Trinajstić information content (AvgIpc) is 3.09. The average molecular weight is 398 g/mol. The molecule has 0 unspecified atom stereocenters. The van der Waals surface area contributed by atoms with Crippen molar-refractivity contribution in [2.75, 3.05) is 10.0 Å². The highest BCUT2D eigenvalue weighted by Crippen LogP contribution is 2.27. The zero-order valence-electron chi connectivity index (χ0n) is 14.7. The third-order valence-corrected chi connectivity index (χ3v) is 5.17. The predicted octanol–water partition coefficient (Wildman–Crippen LogP) is 3.05. The van der Waals surface area contributed by atoms with Crippen LogP contribution in [0.25, 0.3) is 11.0 Å². The first-order valence-electron chi connectivity index (χ1n) is 8.21. The van der Waals surface area contributed by atoms with E-state index in [0.29, 0.717) is 16.7 Å². The number of para-hydroxylation sites is 2. The van der Waals surface area contributed by atoms with E-state index in [-0.39, 0.29) is 16.5 Å². The first-order chi connectivity index (χ1) is 13.4. The van der Waals surface area contributed by atoms with Crippen LogP contribution in [-0.4, -0.2) is 28.2 Å². The second-order valence-electron chi connectivity index (χ2n) is 6.00. The van der Waals surface area contributed by atoms with Crippen molar-refractivity contribution in [1.29, 1.82) is 0 Å². The van der Waals surface area contributed by atoms with Crippen molar-refractivity contribution >= 4 is 38.4 Å². The van der Waals surface area contributed by atoms with Crippen molar-refractivity contribution in [3.63, 3.8) is 0 Å². The van der Waals surface area contributed by atoms with Gasteiger partial charge in [0.1, 0.15) is 10.7 Å². The summed E-state index contributed by atoms with van der Waals surface area (Å²) in [5, 5.41) is 6.80. The first-order valence-corrected chi connectivity index (χ1v) is 9.70. The van der Waals surface area contributed by atoms with E-state index in [1.807, 2.05) is 0 Å². The highest BCUT2D eigenvalue weighted by Gasteiger charge is 2.20. The number of halogens is 1. The van der Waals surface area contributed by atoms with Crippen molar-refractivity contribution in [3.05, 3.63) is 66.7 Å². The number of sulfonamides is 1. The number of nitrogens with one attached hydrogen (secondary N) is 2. The molecule has 2 aromatic carbocycles. The molecular weight excluding hydrogens is 383 g/mol. The van der Waals surface area contributed by atoms with Gasteiger partial charge in [0.2, 0.25) is 0 Å². The van der Waals surface area contributed by atoms with Gasteiger partial charge in [-0.05, 0) is 30.3 Å². The molecule has 0 spiro atoms. The van der Waals surface area contributed by atoms with Crippen LogP contribution in [0.2, 0.25) is 0 Å². The van der Waals surface area contributed by atoms with E-state index in [2.05, 4.69) is 25.1 Å². The van der Waals surface area contributed by atoms with Crippen LogP contribution in [0.15, 0.2) is 65.8 Å². The van der Waals surface area contributed by atoms with Crippen LogP contribution in [0.3, 0.4) is 0 Å². The lowest BCUT2D eigenvalue weighted by Crippen LogP contribution is -2.15. The molecule has 0 radical (unpaired) electrons. The highest BCUT2D eigenvalue weighted by atomic mass is 32.2. The molecule has 10 heteroatoms. The van der Waals surface area contributed by atoms with Crippen LogP contribution >= 0.6 is 0 Å². The van der Waals surface area contributed by atoms with Crippen molar-refractivity contribution in [2.45, 2.75) is 4.90 Å². The fraction of sp³-hybridized carbons (Fsp3) is 0.0556. The Morgan fingerprint density at radius 3 is 2.36 bits per heavy atom. The summed E-state index contributed by atoms with van der Waals surface area (Å²) in [6.07, 6.45) is 2.60. The molecule has 0 aliphatic heterocycles. The number of anilines is 3. The predicted molar refractivity (Wildman–Crippen MR) is 103 cm³/mol. The minimum atomic E-state index is -3.93. The zero-order valence-corrected chi connectivity index (χ0v) is 15.5. The Kier molecular flexibility index (Phi) is 4.40. The lowest BCUT2D eigenvalue weighted by Gasteiger charge is -2.13. The number of hydrogen-bond donors (Lipinski definition) is 2. The van der Waals surface area contributed by atoms with E-state index in [0.717, 1.165) is 0 Å². The smallest absolute Gasteiger partial charge is 0.266 e. The van der Waals surface area contributed by atoms with E-state index in [1.54, 1.807) is 37.4 Å². The number of aromatic nitrogens is 4. The molecule has 8 nitrogen and oxygen atoms in total. The molecule has 2 aromatic heterocycles. The standard InChI is InChI=1S/C18H15FN6O2S/c1-25-11-14(10-20-25)28(26,27)24-18-17(21-13-6-4-5-12(19)9-13)22-15-7-2-3-8-16(15)23-18/h2-11H,1H3,(H,21,22)(H,23,24). The van der Waals surface area contributed by atoms with E-state index in [9.17, 15) is 12.8 Å². The second kappa shape index (κ2) is 6.89. The van der Waals surface area contributed by atoms with Crippen molar-refractivity contribution < 1.29 is 12.8 Å². The van der Waals surface area contributed by atoms with Crippen molar-refractivity contribution in [1.82, 2.24) is 19.7 Å². The summed E-state index contributed by atoms with van der Waals surface area (Å²) in [6, 6.07) is 12.8. The molecule has 0 atom stereocenters. The quantitative estimate of drug-likeness (QED) is 0.536. The highest BCUT2D eigenvalue weighted by molar-refractivity contribution is 7.92. The van der Waals surface area contributed by atoms with Crippen LogP contribution in [0, 0.1) is 5.82 Å². The van der Waals surface area contributed by atoms with E-state index in [1.165, 1.54) is 35.3 Å². The van der Waals surface area contributed by atoms with E-state index >= 15 is 0 Å². The van der Waals surface area contributed by atoms with Crippen LogP contribution in [0.4, 0.5) is 21.7 Å². The third-order valence-electron chi connectivity index (χ3n) is 3.88. The van der Waals surface area contributed by atoms with Gasteiger partial charge in [0.15, 0.2) is 11.6 Å². The Labute approximate surface area is 160 Å². The maximum atomic E-state index is 13.5. The van der Waals surface area contributed by atoms with Crippen molar-refractivity contribution in [2.24, 2.45) is 7.05 Å². The Morgan fingerprint density at radius 1 is 1.00 bits per heavy atom. The van der Waals surface area contributed by atoms with Gasteiger partial charge >= 0.3 is 0 Å². The van der Waals surface area contributed by atoms with Gasteiger partial charge in [-0.3, -0.25) is 9.40 Å². The number of rotatable bonds is 5. The molecule has 2 N–H and O–H groups in total. The van der Waals surface area contributed by atoms with Gasteiger partial charge in [0, 0.05) is 18.9 Å². The number of fused-ring (bicyclic) bond motifs is 1. The largest absolute Gasteiger partial charge is 0.337 e. The Balaban J connectivity index is 1.79. The maximum Gasteiger partial charge on any atom is 0.266 e. The fourth-order valence-electron chi connectivity index (χ4n) is 2.59. The molecule has 28 heavy (non-hydrogen) atoms. The monoisotopic (exact) mass is 398 g/mol. The number of benzene rings is 2. The van der Waals surface area contributed by atoms with Crippen LogP contribution < -0.4 is 10.0 Å². The number of hydrogen-bond acceptors (Lipinski definition) is 6. The van der Waals surface area contributed by atoms with Gasteiger partial charge < -0.3 is 5.32 Å². The van der Waals surface area contributed by atoms with Gasteiger partial charge in [0.25, 0.3) is 10.0 Å². The number of nitrogens with zero attached hydrogens (tertiary/aromatic N) is 4. The molecular formula is C18H15FN6O2S. The summed E-state index contributed by atoms with van der Waals surface area (Å²) in [6.45, 7) is 0. The fourth-order valence-corrected chi connectivity index (χ4v) is 3.58. The Bertz CT molecular complexity index is 1270. The van der Waals surface area contributed by atoms with Gasteiger partial charge in [-0.1, -0.05) is 18.2 Å². The SMILES string of the molecule is Cn1cc(S(=O)(=O)Nc2nc3ccccc3nc2Nc2cccc(F)c2)cn1. The molecule has 0 aliphatic carbocycles. The number of aryl methyl sites for hydroxylation is 1. The molecule has 4 rings (SSSR count). The van der Waals surface area contributed by atoms with Gasteiger partial charge in [-0.15, -0.1) is 0 Å². The minimum Gasteiger partial charge on any atom is -0.337 e. The summed E-state index contributed by atoms with van der Waals surface area (Å²) in [7, 11) is -2.32. The van der Waals surface area contributed by atoms with Crippen LogP contribution in [-0.2, 0) is 17.1 Å². The molecule has 0 bridgehead atoms. The Morgan fingerprint density at radius 2 is 1.71 bits per heavy atom. The molecule has 4 aromatic rings. The van der Waals surface area contributed by atoms with Crippen molar-refractivity contribution in [3.8, 4) is 0 Å². The normalized spacial score (nSPS) is 11.5. The topological polar surface area (TPSA) is 102 Å². The minimum absolute atomic E-state index is 0.00758. The zero-order chi connectivity index (χ0) is 19.7. The molecule has 2 heterocycles. The molecule has 142 valence electrons. The Hall–Kier alpha value is -3.53. The lowest BCUT2D eigenvalue weighted by molar-refractivity contribution is 0.601. The molecule has 0 saturated heterocycles. The molecule has 0 saturated carbocycles. The van der Waals surface area contributed by atoms with Crippen LogP contribution in [0.5, 0.6) is 0 Å². The summed E-state index contributed by atoms with van der Waals surface area (Å²) in [5.41, 5.74) is 1.48. The van der Waals surface area contributed by atoms with Gasteiger partial charge in [-0.25, -0.2) is 22.8 Å². The van der Waals surface area contributed by atoms with E-state index < -0.39 is 15.8 Å². The summed E-state index contributed by atoms with van der Waals surface area (Å²) >= 11 is 0.